The predicted molar refractivity (Wildman–Crippen MR) is 89.9 cm³/mol. The maximum absolute atomic E-state index is 12.5. The van der Waals surface area contributed by atoms with E-state index in [4.69, 9.17) is 0 Å². The van der Waals surface area contributed by atoms with E-state index in [0.29, 0.717) is 24.3 Å². The normalized spacial score (nSPS) is 19.1. The quantitative estimate of drug-likeness (QED) is 0.906. The highest BCUT2D eigenvalue weighted by Crippen LogP contribution is 2.28. The van der Waals surface area contributed by atoms with Crippen LogP contribution in [0.3, 0.4) is 0 Å². The Morgan fingerprint density at radius 1 is 1.33 bits per heavy atom. The Kier molecular flexibility index (Phi) is 7.20. The summed E-state index contributed by atoms with van der Waals surface area (Å²) in [4.78, 5) is 14.5. The molecule has 1 aromatic carbocycles. The van der Waals surface area contributed by atoms with Crippen molar-refractivity contribution < 1.29 is 4.79 Å². The van der Waals surface area contributed by atoms with Crippen LogP contribution in [0, 0.1) is 5.92 Å². The molecule has 2 rings (SSSR count). The fraction of sp³-hybridized carbons (Fsp3) is 0.588. The molecule has 0 saturated carbocycles. The van der Waals surface area contributed by atoms with E-state index in [1.54, 1.807) is 0 Å². The van der Waals surface area contributed by atoms with Gasteiger partial charge in [-0.2, -0.15) is 0 Å². The van der Waals surface area contributed by atoms with Gasteiger partial charge in [0.15, 0.2) is 0 Å². The Bertz CT molecular complexity index is 430. The highest BCUT2D eigenvalue weighted by atomic mass is 35.5. The van der Waals surface area contributed by atoms with Gasteiger partial charge in [-0.3, -0.25) is 4.79 Å². The van der Waals surface area contributed by atoms with E-state index in [0.717, 1.165) is 19.5 Å². The van der Waals surface area contributed by atoms with Crippen LogP contribution in [0.25, 0.3) is 0 Å². The van der Waals surface area contributed by atoms with Crippen LogP contribution in [-0.2, 0) is 4.79 Å². The summed E-state index contributed by atoms with van der Waals surface area (Å²) in [5, 5.41) is 3.32. The molecule has 0 aliphatic carbocycles. The van der Waals surface area contributed by atoms with Crippen LogP contribution in [0.5, 0.6) is 0 Å². The number of rotatable bonds is 5. The second kappa shape index (κ2) is 8.40. The first-order valence-corrected chi connectivity index (χ1v) is 7.61. The van der Waals surface area contributed by atoms with Crippen molar-refractivity contribution in [3.63, 3.8) is 0 Å². The summed E-state index contributed by atoms with van der Waals surface area (Å²) in [6.07, 6.45) is 1.68. The van der Waals surface area contributed by atoms with Gasteiger partial charge in [0.05, 0.1) is 0 Å². The van der Waals surface area contributed by atoms with E-state index >= 15 is 0 Å². The van der Waals surface area contributed by atoms with Gasteiger partial charge < -0.3 is 10.2 Å². The summed E-state index contributed by atoms with van der Waals surface area (Å²) in [5.74, 6) is 1.04. The van der Waals surface area contributed by atoms with Gasteiger partial charge >= 0.3 is 0 Å². The van der Waals surface area contributed by atoms with Gasteiger partial charge in [-0.15, -0.1) is 12.4 Å². The second-order valence-electron chi connectivity index (χ2n) is 6.12. The smallest absolute Gasteiger partial charge is 0.223 e. The number of amides is 1. The minimum Gasteiger partial charge on any atom is -0.341 e. The maximum Gasteiger partial charge on any atom is 0.223 e. The van der Waals surface area contributed by atoms with Crippen LogP contribution in [-0.4, -0.2) is 37.0 Å². The molecule has 1 aliphatic rings. The molecule has 2 atom stereocenters. The third kappa shape index (κ3) is 4.72. The zero-order chi connectivity index (χ0) is 14.5. The predicted octanol–water partition coefficient (Wildman–Crippen LogP) is 3.06. The van der Waals surface area contributed by atoms with Gasteiger partial charge in [0.25, 0.3) is 0 Å². The first-order valence-electron chi connectivity index (χ1n) is 7.61. The fourth-order valence-corrected chi connectivity index (χ4v) is 2.94. The third-order valence-electron chi connectivity index (χ3n) is 4.40. The molecule has 1 aromatic rings. The van der Waals surface area contributed by atoms with Crippen molar-refractivity contribution in [2.45, 2.75) is 38.6 Å². The summed E-state index contributed by atoms with van der Waals surface area (Å²) in [5.41, 5.74) is 1.27. The summed E-state index contributed by atoms with van der Waals surface area (Å²) in [6, 6.07) is 10.8. The number of carbonyl (C=O) groups excluding carboxylic acids is 1. The molecule has 0 aromatic heterocycles. The number of nitrogens with one attached hydrogen (secondary N) is 1. The molecule has 4 heteroatoms. The Balaban J connectivity index is 0.00000220. The van der Waals surface area contributed by atoms with E-state index in [-0.39, 0.29) is 18.3 Å². The molecule has 3 nitrogen and oxygen atoms in total. The molecule has 1 heterocycles. The molecular weight excluding hydrogens is 284 g/mol. The lowest BCUT2D eigenvalue weighted by Crippen LogP contribution is -2.39. The molecule has 21 heavy (non-hydrogen) atoms. The van der Waals surface area contributed by atoms with Crippen LogP contribution in [0.1, 0.15) is 38.2 Å². The maximum atomic E-state index is 12.5. The highest BCUT2D eigenvalue weighted by molar-refractivity contribution is 5.85. The fourth-order valence-electron chi connectivity index (χ4n) is 2.94. The van der Waals surface area contributed by atoms with Crippen LogP contribution >= 0.6 is 12.4 Å². The summed E-state index contributed by atoms with van der Waals surface area (Å²) in [6.45, 7) is 6.35. The second-order valence-corrected chi connectivity index (χ2v) is 6.12. The van der Waals surface area contributed by atoms with Crippen molar-refractivity contribution in [2.75, 3.05) is 20.1 Å². The first kappa shape index (κ1) is 18.0. The van der Waals surface area contributed by atoms with Gasteiger partial charge in [-0.05, 0) is 30.4 Å². The molecule has 1 fully saturated rings. The van der Waals surface area contributed by atoms with Gasteiger partial charge in [0.1, 0.15) is 0 Å². The van der Waals surface area contributed by atoms with E-state index in [2.05, 4.69) is 43.4 Å². The topological polar surface area (TPSA) is 32.3 Å². The zero-order valence-electron chi connectivity index (χ0n) is 13.2. The Labute approximate surface area is 134 Å². The minimum atomic E-state index is 0. The molecular formula is C17H27ClN2O. The molecule has 0 spiro atoms. The molecule has 0 bridgehead atoms. The van der Waals surface area contributed by atoms with Gasteiger partial charge in [0, 0.05) is 26.1 Å². The first-order chi connectivity index (χ1) is 9.59. The number of halogens is 1. The van der Waals surface area contributed by atoms with Crippen molar-refractivity contribution in [3.05, 3.63) is 35.9 Å². The largest absolute Gasteiger partial charge is 0.341 e. The SMILES string of the molecule is CC(C)C(CC(=O)N(C)C1CCNC1)c1ccccc1.Cl. The summed E-state index contributed by atoms with van der Waals surface area (Å²) >= 11 is 0. The van der Waals surface area contributed by atoms with Gasteiger partial charge in [-0.25, -0.2) is 0 Å². The number of carbonyl (C=O) groups is 1. The van der Waals surface area contributed by atoms with Crippen molar-refractivity contribution in [1.29, 1.82) is 0 Å². The van der Waals surface area contributed by atoms with Gasteiger partial charge in [0.2, 0.25) is 5.91 Å². The number of likely N-dealkylation sites (N-methyl/N-ethyl adjacent to an activating group) is 1. The number of hydrogen-bond donors (Lipinski definition) is 1. The summed E-state index contributed by atoms with van der Waals surface area (Å²) < 4.78 is 0. The average molecular weight is 311 g/mol. The van der Waals surface area contributed by atoms with Crippen molar-refractivity contribution in [3.8, 4) is 0 Å². The molecule has 1 aliphatic heterocycles. The molecule has 2 unspecified atom stereocenters. The number of benzene rings is 1. The van der Waals surface area contributed by atoms with Crippen LogP contribution in [0.2, 0.25) is 0 Å². The third-order valence-corrected chi connectivity index (χ3v) is 4.40. The number of hydrogen-bond acceptors (Lipinski definition) is 2. The molecule has 1 N–H and O–H groups in total. The van der Waals surface area contributed by atoms with E-state index in [1.807, 2.05) is 18.0 Å². The molecule has 0 radical (unpaired) electrons. The molecule has 1 amide bonds. The van der Waals surface area contributed by atoms with Crippen LogP contribution in [0.15, 0.2) is 30.3 Å². The van der Waals surface area contributed by atoms with Crippen molar-refractivity contribution >= 4 is 18.3 Å². The van der Waals surface area contributed by atoms with E-state index < -0.39 is 0 Å². The number of nitrogens with zero attached hydrogens (tertiary/aromatic N) is 1. The highest BCUT2D eigenvalue weighted by Gasteiger charge is 2.26. The molecule has 1 saturated heterocycles. The van der Waals surface area contributed by atoms with E-state index in [1.165, 1.54) is 5.56 Å². The summed E-state index contributed by atoms with van der Waals surface area (Å²) in [7, 11) is 1.95. The molecule has 118 valence electrons. The Morgan fingerprint density at radius 2 is 2.00 bits per heavy atom. The van der Waals surface area contributed by atoms with E-state index in [9.17, 15) is 4.79 Å². The standard InChI is InChI=1S/C17H26N2O.ClH/c1-13(2)16(14-7-5-4-6-8-14)11-17(20)19(3)15-9-10-18-12-15;/h4-8,13,15-16,18H,9-12H2,1-3H3;1H. The lowest BCUT2D eigenvalue weighted by atomic mass is 9.85. The minimum absolute atomic E-state index is 0. The van der Waals surface area contributed by atoms with Crippen LogP contribution < -0.4 is 5.32 Å². The van der Waals surface area contributed by atoms with Crippen LogP contribution in [0.4, 0.5) is 0 Å². The Morgan fingerprint density at radius 3 is 2.52 bits per heavy atom. The zero-order valence-corrected chi connectivity index (χ0v) is 14.0. The van der Waals surface area contributed by atoms with Crippen molar-refractivity contribution in [1.82, 2.24) is 10.2 Å². The Hall–Kier alpha value is -1.06. The lowest BCUT2D eigenvalue weighted by Gasteiger charge is -2.28. The lowest BCUT2D eigenvalue weighted by molar-refractivity contribution is -0.132. The average Bonchev–Trinajstić information content (AvgIpc) is 2.98. The monoisotopic (exact) mass is 310 g/mol. The van der Waals surface area contributed by atoms with Gasteiger partial charge in [-0.1, -0.05) is 44.2 Å². The van der Waals surface area contributed by atoms with Crippen molar-refractivity contribution in [2.24, 2.45) is 5.92 Å².